The first kappa shape index (κ1) is 19.9. The monoisotopic (exact) mass is 370 g/mol. The van der Waals surface area contributed by atoms with Gasteiger partial charge in [-0.05, 0) is 61.8 Å². The molecule has 1 saturated heterocycles. The third-order valence-electron chi connectivity index (χ3n) is 6.26. The van der Waals surface area contributed by atoms with Crippen molar-refractivity contribution in [2.24, 2.45) is 5.92 Å². The van der Waals surface area contributed by atoms with Gasteiger partial charge in [0.15, 0.2) is 5.78 Å². The fourth-order valence-corrected chi connectivity index (χ4v) is 4.44. The predicted octanol–water partition coefficient (Wildman–Crippen LogP) is 4.46. The Morgan fingerprint density at radius 1 is 1.11 bits per heavy atom. The molecule has 0 unspecified atom stereocenters. The topological polar surface area (TPSA) is 40.6 Å². The molecule has 3 rings (SSSR count). The van der Waals surface area contributed by atoms with Crippen LogP contribution in [0, 0.1) is 5.92 Å². The molecule has 0 radical (unpaired) electrons. The van der Waals surface area contributed by atoms with Crippen molar-refractivity contribution < 1.29 is 9.59 Å². The largest absolute Gasteiger partial charge is 0.371 e. The van der Waals surface area contributed by atoms with Gasteiger partial charge < -0.3 is 9.80 Å². The fraction of sp³-hybridized carbons (Fsp3) is 0.652. The molecule has 4 nitrogen and oxygen atoms in total. The van der Waals surface area contributed by atoms with E-state index < -0.39 is 0 Å². The van der Waals surface area contributed by atoms with Crippen molar-refractivity contribution in [1.29, 1.82) is 0 Å². The average molecular weight is 371 g/mol. The number of rotatable bonds is 8. The minimum absolute atomic E-state index is 0.173. The zero-order valence-corrected chi connectivity index (χ0v) is 17.0. The number of ketones is 1. The number of fused-ring (bicyclic) bond motifs is 1. The molecular formula is C23H34N2O2. The van der Waals surface area contributed by atoms with Crippen molar-refractivity contribution in [3.63, 3.8) is 0 Å². The van der Waals surface area contributed by atoms with Crippen molar-refractivity contribution in [3.8, 4) is 0 Å². The zero-order valence-electron chi connectivity index (χ0n) is 17.0. The van der Waals surface area contributed by atoms with Crippen LogP contribution in [0.15, 0.2) is 18.2 Å². The summed E-state index contributed by atoms with van der Waals surface area (Å²) in [7, 11) is 0. The van der Waals surface area contributed by atoms with E-state index in [4.69, 9.17) is 0 Å². The molecule has 27 heavy (non-hydrogen) atoms. The first-order valence-electron chi connectivity index (χ1n) is 10.7. The van der Waals surface area contributed by atoms with E-state index in [0.717, 1.165) is 57.4 Å². The van der Waals surface area contributed by atoms with Gasteiger partial charge in [-0.2, -0.15) is 0 Å². The minimum Gasteiger partial charge on any atom is -0.371 e. The van der Waals surface area contributed by atoms with Crippen molar-refractivity contribution >= 4 is 17.4 Å². The molecule has 0 aromatic heterocycles. The van der Waals surface area contributed by atoms with Crippen molar-refractivity contribution in [1.82, 2.24) is 4.90 Å². The molecule has 0 N–H and O–H groups in total. The van der Waals surface area contributed by atoms with Gasteiger partial charge in [-0.15, -0.1) is 0 Å². The molecule has 1 amide bonds. The smallest absolute Gasteiger partial charge is 0.219 e. The van der Waals surface area contributed by atoms with E-state index in [1.807, 2.05) is 11.0 Å². The van der Waals surface area contributed by atoms with Crippen LogP contribution >= 0.6 is 0 Å². The van der Waals surface area contributed by atoms with Crippen LogP contribution in [0.3, 0.4) is 0 Å². The van der Waals surface area contributed by atoms with Crippen LogP contribution in [0.1, 0.15) is 74.7 Å². The predicted molar refractivity (Wildman–Crippen MR) is 110 cm³/mol. The maximum Gasteiger partial charge on any atom is 0.219 e. The number of hydrogen-bond acceptors (Lipinski definition) is 3. The zero-order chi connectivity index (χ0) is 19.2. The molecule has 1 aromatic carbocycles. The summed E-state index contributed by atoms with van der Waals surface area (Å²) in [6.45, 7) is 7.80. The van der Waals surface area contributed by atoms with Gasteiger partial charge >= 0.3 is 0 Å². The second-order valence-corrected chi connectivity index (χ2v) is 8.20. The van der Waals surface area contributed by atoms with Crippen molar-refractivity contribution in [3.05, 3.63) is 29.3 Å². The lowest BCUT2D eigenvalue weighted by Gasteiger charge is -2.31. The fourth-order valence-electron chi connectivity index (χ4n) is 4.44. The quantitative estimate of drug-likeness (QED) is 0.501. The summed E-state index contributed by atoms with van der Waals surface area (Å²) in [5.74, 6) is 1.02. The van der Waals surface area contributed by atoms with Crippen LogP contribution in [0.25, 0.3) is 0 Å². The van der Waals surface area contributed by atoms with Crippen LogP contribution in [-0.2, 0) is 11.2 Å². The first-order chi connectivity index (χ1) is 13.1. The number of likely N-dealkylation sites (tertiary alicyclic amines) is 1. The van der Waals surface area contributed by atoms with Gasteiger partial charge in [-0.1, -0.05) is 19.8 Å². The summed E-state index contributed by atoms with van der Waals surface area (Å²) in [6, 6.07) is 6.32. The Balaban J connectivity index is 1.49. The molecule has 0 bridgehead atoms. The SMILES string of the molecule is CCCCCN1CCc2cc(C(=O)CCC3CCN(C(C)=O)CC3)ccc21. The number of nitrogens with zero attached hydrogens (tertiary/aromatic N) is 2. The summed E-state index contributed by atoms with van der Waals surface area (Å²) < 4.78 is 0. The lowest BCUT2D eigenvalue weighted by atomic mass is 9.90. The van der Waals surface area contributed by atoms with Gasteiger partial charge in [-0.3, -0.25) is 9.59 Å². The average Bonchev–Trinajstić information content (AvgIpc) is 3.09. The number of piperidine rings is 1. The molecule has 2 aliphatic rings. The highest BCUT2D eigenvalue weighted by Crippen LogP contribution is 2.30. The van der Waals surface area contributed by atoms with E-state index in [1.165, 1.54) is 30.5 Å². The van der Waals surface area contributed by atoms with Gasteiger partial charge in [0.05, 0.1) is 0 Å². The molecule has 0 atom stereocenters. The Kier molecular flexibility index (Phi) is 6.92. The van der Waals surface area contributed by atoms with E-state index in [0.29, 0.717) is 12.3 Å². The van der Waals surface area contributed by atoms with Gasteiger partial charge in [0.25, 0.3) is 0 Å². The molecule has 0 spiro atoms. The van der Waals surface area contributed by atoms with Crippen LogP contribution in [0.5, 0.6) is 0 Å². The number of carbonyl (C=O) groups is 2. The molecule has 148 valence electrons. The van der Waals surface area contributed by atoms with Gasteiger partial charge in [0.2, 0.25) is 5.91 Å². The molecule has 0 saturated carbocycles. The molecule has 4 heteroatoms. The number of Topliss-reactive ketones (excluding diaryl/α,β-unsaturated/α-hetero) is 1. The summed E-state index contributed by atoms with van der Waals surface area (Å²) in [5, 5.41) is 0. The van der Waals surface area contributed by atoms with Crippen molar-refractivity contribution in [2.75, 3.05) is 31.1 Å². The number of hydrogen-bond donors (Lipinski definition) is 0. The minimum atomic E-state index is 0.173. The first-order valence-corrected chi connectivity index (χ1v) is 10.7. The van der Waals surface area contributed by atoms with Crippen molar-refractivity contribution in [2.45, 2.75) is 65.2 Å². The molecule has 1 aromatic rings. The maximum absolute atomic E-state index is 12.7. The van der Waals surface area contributed by atoms with E-state index in [2.05, 4.69) is 24.0 Å². The van der Waals surface area contributed by atoms with Gasteiger partial charge in [0.1, 0.15) is 0 Å². The lowest BCUT2D eigenvalue weighted by molar-refractivity contribution is -0.130. The highest BCUT2D eigenvalue weighted by molar-refractivity contribution is 5.96. The molecule has 2 heterocycles. The number of anilines is 1. The van der Waals surface area contributed by atoms with Crippen LogP contribution in [0.4, 0.5) is 5.69 Å². The molecular weight excluding hydrogens is 336 g/mol. The van der Waals surface area contributed by atoms with E-state index in [-0.39, 0.29) is 11.7 Å². The van der Waals surface area contributed by atoms with Crippen LogP contribution in [-0.4, -0.2) is 42.8 Å². The molecule has 0 aliphatic carbocycles. The third-order valence-corrected chi connectivity index (χ3v) is 6.26. The van der Waals surface area contributed by atoms with E-state index in [1.54, 1.807) is 6.92 Å². The molecule has 1 fully saturated rings. The standard InChI is InChI=1S/C23H34N2O2/c1-3-4-5-13-25-16-12-20-17-21(7-8-22(20)25)23(27)9-6-19-10-14-24(15-11-19)18(2)26/h7-8,17,19H,3-6,9-16H2,1-2H3. The Morgan fingerprint density at radius 2 is 1.89 bits per heavy atom. The highest BCUT2D eigenvalue weighted by Gasteiger charge is 2.23. The summed E-state index contributed by atoms with van der Waals surface area (Å²) in [4.78, 5) is 28.5. The highest BCUT2D eigenvalue weighted by atomic mass is 16.2. The van der Waals surface area contributed by atoms with E-state index in [9.17, 15) is 9.59 Å². The van der Waals surface area contributed by atoms with Gasteiger partial charge in [-0.25, -0.2) is 0 Å². The normalized spacial score (nSPS) is 17.3. The third kappa shape index (κ3) is 5.12. The Bertz CT molecular complexity index is 662. The van der Waals surface area contributed by atoms with Crippen LogP contribution < -0.4 is 4.90 Å². The number of benzene rings is 1. The Labute approximate surface area is 163 Å². The maximum atomic E-state index is 12.7. The summed E-state index contributed by atoms with van der Waals surface area (Å²) in [6.07, 6.45) is 8.49. The second-order valence-electron chi connectivity index (χ2n) is 8.20. The van der Waals surface area contributed by atoms with E-state index >= 15 is 0 Å². The number of unbranched alkanes of at least 4 members (excludes halogenated alkanes) is 2. The van der Waals surface area contributed by atoms with Crippen LogP contribution in [0.2, 0.25) is 0 Å². The second kappa shape index (κ2) is 9.38. The Hall–Kier alpha value is -1.84. The number of carbonyl (C=O) groups excluding carboxylic acids is 2. The lowest BCUT2D eigenvalue weighted by Crippen LogP contribution is -2.37. The Morgan fingerprint density at radius 3 is 2.59 bits per heavy atom. The summed E-state index contributed by atoms with van der Waals surface area (Å²) in [5.41, 5.74) is 3.55. The van der Waals surface area contributed by atoms with Gasteiger partial charge in [0, 0.05) is 50.8 Å². The summed E-state index contributed by atoms with van der Waals surface area (Å²) >= 11 is 0. The molecule has 2 aliphatic heterocycles. The number of amides is 1.